The molecule has 0 aliphatic heterocycles. The standard InChI is InChI=1S/C23H29FN4O/c1-25-22(27-16-23(12-13-23)19-9-4-5-10-20(19)24)26-14-11-17-7-6-8-18(15-17)21(29)28(2)3/h4-10,15H,11-14,16H2,1-3H3,(H2,25,26,27). The highest BCUT2D eigenvalue weighted by Crippen LogP contribution is 2.48. The van der Waals surface area contributed by atoms with Gasteiger partial charge in [-0.3, -0.25) is 9.79 Å². The molecule has 5 nitrogen and oxygen atoms in total. The van der Waals surface area contributed by atoms with Crippen molar-refractivity contribution < 1.29 is 9.18 Å². The Morgan fingerprint density at radius 1 is 1.14 bits per heavy atom. The number of rotatable bonds is 7. The summed E-state index contributed by atoms with van der Waals surface area (Å²) in [6.45, 7) is 1.34. The number of carbonyl (C=O) groups is 1. The molecule has 1 aliphatic rings. The first-order valence-corrected chi connectivity index (χ1v) is 9.95. The number of carbonyl (C=O) groups excluding carboxylic acids is 1. The van der Waals surface area contributed by atoms with Crippen molar-refractivity contribution in [1.29, 1.82) is 0 Å². The number of benzene rings is 2. The van der Waals surface area contributed by atoms with Gasteiger partial charge in [0.05, 0.1) is 0 Å². The molecule has 1 saturated carbocycles. The quantitative estimate of drug-likeness (QED) is 0.559. The van der Waals surface area contributed by atoms with E-state index in [-0.39, 0.29) is 17.1 Å². The molecule has 0 aromatic heterocycles. The Morgan fingerprint density at radius 2 is 1.90 bits per heavy atom. The van der Waals surface area contributed by atoms with Gasteiger partial charge < -0.3 is 15.5 Å². The van der Waals surface area contributed by atoms with Crippen molar-refractivity contribution in [2.24, 2.45) is 4.99 Å². The number of hydrogen-bond donors (Lipinski definition) is 2. The molecule has 3 rings (SSSR count). The second-order valence-electron chi connectivity index (χ2n) is 7.76. The zero-order valence-corrected chi connectivity index (χ0v) is 17.3. The van der Waals surface area contributed by atoms with Crippen LogP contribution in [0.25, 0.3) is 0 Å². The van der Waals surface area contributed by atoms with Gasteiger partial charge in [0.2, 0.25) is 0 Å². The van der Waals surface area contributed by atoms with Gasteiger partial charge in [0.15, 0.2) is 5.96 Å². The highest BCUT2D eigenvalue weighted by atomic mass is 19.1. The molecule has 0 heterocycles. The van der Waals surface area contributed by atoms with Gasteiger partial charge in [-0.25, -0.2) is 4.39 Å². The number of nitrogens with one attached hydrogen (secondary N) is 2. The molecule has 6 heteroatoms. The van der Waals surface area contributed by atoms with Crippen LogP contribution in [-0.4, -0.2) is 51.0 Å². The third kappa shape index (κ3) is 5.13. The van der Waals surface area contributed by atoms with E-state index in [9.17, 15) is 9.18 Å². The topological polar surface area (TPSA) is 56.7 Å². The molecular formula is C23H29FN4O. The van der Waals surface area contributed by atoms with Crippen molar-refractivity contribution >= 4 is 11.9 Å². The van der Waals surface area contributed by atoms with Crippen LogP contribution >= 0.6 is 0 Å². The average Bonchev–Trinajstić information content (AvgIpc) is 3.51. The number of hydrogen-bond acceptors (Lipinski definition) is 2. The van der Waals surface area contributed by atoms with Crippen molar-refractivity contribution in [3.05, 3.63) is 71.0 Å². The van der Waals surface area contributed by atoms with Crippen LogP contribution in [0.15, 0.2) is 53.5 Å². The van der Waals surface area contributed by atoms with Gasteiger partial charge >= 0.3 is 0 Å². The van der Waals surface area contributed by atoms with E-state index < -0.39 is 0 Å². The molecule has 2 aromatic rings. The van der Waals surface area contributed by atoms with Crippen molar-refractivity contribution in [2.45, 2.75) is 24.7 Å². The molecule has 1 fully saturated rings. The lowest BCUT2D eigenvalue weighted by atomic mass is 9.95. The van der Waals surface area contributed by atoms with E-state index in [4.69, 9.17) is 0 Å². The lowest BCUT2D eigenvalue weighted by Crippen LogP contribution is -2.42. The van der Waals surface area contributed by atoms with E-state index in [2.05, 4.69) is 15.6 Å². The second kappa shape index (κ2) is 9.07. The predicted octanol–water partition coefficient (Wildman–Crippen LogP) is 2.97. The molecule has 29 heavy (non-hydrogen) atoms. The van der Waals surface area contributed by atoms with Crippen molar-refractivity contribution in [1.82, 2.24) is 15.5 Å². The molecule has 0 atom stereocenters. The zero-order chi connectivity index (χ0) is 20.9. The molecular weight excluding hydrogens is 367 g/mol. The summed E-state index contributed by atoms with van der Waals surface area (Å²) in [6.07, 6.45) is 2.73. The van der Waals surface area contributed by atoms with E-state index in [0.717, 1.165) is 30.4 Å². The van der Waals surface area contributed by atoms with Gasteiger partial charge in [0, 0.05) is 45.2 Å². The molecule has 0 saturated heterocycles. The monoisotopic (exact) mass is 396 g/mol. The lowest BCUT2D eigenvalue weighted by Gasteiger charge is -2.19. The van der Waals surface area contributed by atoms with E-state index in [1.165, 1.54) is 6.07 Å². The molecule has 0 spiro atoms. The van der Waals surface area contributed by atoms with Crippen LogP contribution < -0.4 is 10.6 Å². The van der Waals surface area contributed by atoms with Gasteiger partial charge in [-0.1, -0.05) is 30.3 Å². The van der Waals surface area contributed by atoms with Crippen LogP contribution in [-0.2, 0) is 11.8 Å². The summed E-state index contributed by atoms with van der Waals surface area (Å²) in [6, 6.07) is 14.7. The molecule has 0 radical (unpaired) electrons. The minimum absolute atomic E-state index is 0.000149. The maximum absolute atomic E-state index is 14.2. The summed E-state index contributed by atoms with van der Waals surface area (Å²) in [4.78, 5) is 18.0. The molecule has 1 amide bonds. The SMILES string of the molecule is CN=C(NCCc1cccc(C(=O)N(C)C)c1)NCC1(c2ccccc2F)CC1. The lowest BCUT2D eigenvalue weighted by molar-refractivity contribution is 0.0827. The third-order valence-electron chi connectivity index (χ3n) is 5.40. The van der Waals surface area contributed by atoms with E-state index in [0.29, 0.717) is 24.6 Å². The van der Waals surface area contributed by atoms with Crippen LogP contribution in [0, 0.1) is 5.82 Å². The molecule has 0 unspecified atom stereocenters. The summed E-state index contributed by atoms with van der Waals surface area (Å²) < 4.78 is 14.2. The Kier molecular flexibility index (Phi) is 6.52. The van der Waals surface area contributed by atoms with Gasteiger partial charge in [-0.2, -0.15) is 0 Å². The number of halogens is 1. The van der Waals surface area contributed by atoms with Crippen LogP contribution in [0.4, 0.5) is 4.39 Å². The van der Waals surface area contributed by atoms with Crippen molar-refractivity contribution in [3.8, 4) is 0 Å². The fourth-order valence-electron chi connectivity index (χ4n) is 3.50. The molecule has 2 N–H and O–H groups in total. The normalized spacial score (nSPS) is 15.0. The number of aliphatic imine (C=N–C) groups is 1. The first kappa shape index (κ1) is 20.8. The first-order valence-electron chi connectivity index (χ1n) is 9.95. The maximum atomic E-state index is 14.2. The number of guanidine groups is 1. The minimum atomic E-state index is -0.137. The Morgan fingerprint density at radius 3 is 2.55 bits per heavy atom. The summed E-state index contributed by atoms with van der Waals surface area (Å²) in [5.41, 5.74) is 2.43. The Labute approximate surface area is 172 Å². The van der Waals surface area contributed by atoms with Crippen LogP contribution in [0.2, 0.25) is 0 Å². The predicted molar refractivity (Wildman–Crippen MR) is 115 cm³/mol. The van der Waals surface area contributed by atoms with Crippen LogP contribution in [0.5, 0.6) is 0 Å². The molecule has 0 bridgehead atoms. The fraction of sp³-hybridized carbons (Fsp3) is 0.391. The number of nitrogens with zero attached hydrogens (tertiary/aromatic N) is 2. The smallest absolute Gasteiger partial charge is 0.253 e. The Bertz CT molecular complexity index is 890. The summed E-state index contributed by atoms with van der Waals surface area (Å²) >= 11 is 0. The van der Waals surface area contributed by atoms with Crippen molar-refractivity contribution in [3.63, 3.8) is 0 Å². The van der Waals surface area contributed by atoms with Crippen LogP contribution in [0.3, 0.4) is 0 Å². The van der Waals surface area contributed by atoms with Crippen molar-refractivity contribution in [2.75, 3.05) is 34.2 Å². The Hall–Kier alpha value is -2.89. The minimum Gasteiger partial charge on any atom is -0.356 e. The van der Waals surface area contributed by atoms with E-state index in [1.54, 1.807) is 32.1 Å². The summed E-state index contributed by atoms with van der Waals surface area (Å²) in [7, 11) is 5.23. The van der Waals surface area contributed by atoms with Gasteiger partial charge in [-0.05, 0) is 48.6 Å². The maximum Gasteiger partial charge on any atom is 0.253 e. The first-order chi connectivity index (χ1) is 13.9. The van der Waals surface area contributed by atoms with E-state index in [1.807, 2.05) is 36.4 Å². The number of amides is 1. The molecule has 2 aromatic carbocycles. The summed E-state index contributed by atoms with van der Waals surface area (Å²) in [5.74, 6) is 0.565. The zero-order valence-electron chi connectivity index (χ0n) is 17.3. The van der Waals surface area contributed by atoms with Gasteiger partial charge in [0.25, 0.3) is 5.91 Å². The van der Waals surface area contributed by atoms with Gasteiger partial charge in [0.1, 0.15) is 5.82 Å². The fourth-order valence-corrected chi connectivity index (χ4v) is 3.50. The highest BCUT2D eigenvalue weighted by molar-refractivity contribution is 5.94. The Balaban J connectivity index is 1.51. The summed E-state index contributed by atoms with van der Waals surface area (Å²) in [5, 5.41) is 6.65. The molecule has 154 valence electrons. The largest absolute Gasteiger partial charge is 0.356 e. The van der Waals surface area contributed by atoms with Gasteiger partial charge in [-0.15, -0.1) is 0 Å². The second-order valence-corrected chi connectivity index (χ2v) is 7.76. The molecule has 1 aliphatic carbocycles. The highest BCUT2D eigenvalue weighted by Gasteiger charge is 2.45. The van der Waals surface area contributed by atoms with Crippen LogP contribution in [0.1, 0.15) is 34.3 Å². The van der Waals surface area contributed by atoms with E-state index >= 15 is 0 Å². The average molecular weight is 397 g/mol. The third-order valence-corrected chi connectivity index (χ3v) is 5.40.